The zero-order valence-corrected chi connectivity index (χ0v) is 27.5. The number of ether oxygens (including phenoxy) is 2. The van der Waals surface area contributed by atoms with Crippen molar-refractivity contribution in [3.8, 4) is 11.5 Å². The molecular weight excluding hydrogens is 643 g/mol. The van der Waals surface area contributed by atoms with Crippen LogP contribution in [-0.2, 0) is 29.1 Å². The standard InChI is InChI=1S/C34H32Cl2N6O5/c1-5-25(43)14-20-9-7-10-21(13-20)18-42-32-22(17-37-33(40-32)39-24-12-8-11-23(15-24)38-28(44)6-2)19-41(34(42)45)31-29(35)26(46-3)16-27(47-4)30(31)36/h6-13,15-17H,2,5,14,18-19H2,1,3-4H3,(H,38,44)(H,37,39,40). The molecule has 0 saturated carbocycles. The van der Waals surface area contributed by atoms with Crippen LogP contribution in [0.2, 0.25) is 10.0 Å². The van der Waals surface area contributed by atoms with Crippen molar-refractivity contribution in [2.45, 2.75) is 32.9 Å². The summed E-state index contributed by atoms with van der Waals surface area (Å²) in [6.45, 7) is 5.47. The van der Waals surface area contributed by atoms with Gasteiger partial charge in [0.15, 0.2) is 0 Å². The van der Waals surface area contributed by atoms with Crippen LogP contribution in [0.3, 0.4) is 0 Å². The third kappa shape index (κ3) is 7.32. The predicted octanol–water partition coefficient (Wildman–Crippen LogP) is 7.34. The number of hydrogen-bond donors (Lipinski definition) is 2. The highest BCUT2D eigenvalue weighted by atomic mass is 35.5. The number of Topliss-reactive ketones (excluding diaryl/α,β-unsaturated/α-hetero) is 1. The van der Waals surface area contributed by atoms with E-state index in [1.54, 1.807) is 36.5 Å². The van der Waals surface area contributed by atoms with E-state index in [4.69, 9.17) is 37.7 Å². The van der Waals surface area contributed by atoms with Crippen molar-refractivity contribution in [3.63, 3.8) is 0 Å². The van der Waals surface area contributed by atoms with Crippen LogP contribution in [0, 0.1) is 0 Å². The van der Waals surface area contributed by atoms with E-state index in [2.05, 4.69) is 22.2 Å². The minimum absolute atomic E-state index is 0.0504. The van der Waals surface area contributed by atoms with Crippen LogP contribution < -0.4 is 29.9 Å². The fourth-order valence-corrected chi connectivity index (χ4v) is 5.78. The summed E-state index contributed by atoms with van der Waals surface area (Å²) in [5, 5.41) is 6.14. The number of nitrogens with one attached hydrogen (secondary N) is 2. The number of ketones is 1. The van der Waals surface area contributed by atoms with Crippen LogP contribution in [-0.4, -0.2) is 41.9 Å². The van der Waals surface area contributed by atoms with Gasteiger partial charge in [0.2, 0.25) is 11.9 Å². The maximum atomic E-state index is 14.4. The Morgan fingerprint density at radius 1 is 1.00 bits per heavy atom. The Kier molecular flexibility index (Phi) is 10.3. The smallest absolute Gasteiger partial charge is 0.330 e. The molecule has 1 aromatic heterocycles. The van der Waals surface area contributed by atoms with Gasteiger partial charge in [-0.3, -0.25) is 19.4 Å². The maximum Gasteiger partial charge on any atom is 0.330 e. The van der Waals surface area contributed by atoms with Gasteiger partial charge < -0.3 is 20.1 Å². The molecule has 11 nitrogen and oxygen atoms in total. The summed E-state index contributed by atoms with van der Waals surface area (Å²) in [6.07, 6.45) is 3.52. The van der Waals surface area contributed by atoms with Crippen molar-refractivity contribution in [1.82, 2.24) is 9.97 Å². The fraction of sp³-hybridized carbons (Fsp3) is 0.206. The zero-order chi connectivity index (χ0) is 33.7. The molecular formula is C34H32Cl2N6O5. The van der Waals surface area contributed by atoms with Gasteiger partial charge in [-0.25, -0.2) is 9.78 Å². The summed E-state index contributed by atoms with van der Waals surface area (Å²) >= 11 is 13.5. The number of anilines is 5. The number of nitrogens with zero attached hydrogens (tertiary/aromatic N) is 4. The van der Waals surface area contributed by atoms with E-state index in [0.29, 0.717) is 35.6 Å². The van der Waals surface area contributed by atoms with Gasteiger partial charge in [-0.15, -0.1) is 0 Å². The quantitative estimate of drug-likeness (QED) is 0.150. The summed E-state index contributed by atoms with van der Waals surface area (Å²) in [7, 11) is 2.92. The molecule has 2 N–H and O–H groups in total. The fourth-order valence-electron chi connectivity index (χ4n) is 5.07. The van der Waals surface area contributed by atoms with E-state index in [0.717, 1.165) is 11.1 Å². The molecule has 242 valence electrons. The lowest BCUT2D eigenvalue weighted by atomic mass is 10.0. The molecule has 0 radical (unpaired) electrons. The van der Waals surface area contributed by atoms with Gasteiger partial charge in [-0.05, 0) is 35.4 Å². The van der Waals surface area contributed by atoms with Gasteiger partial charge in [-0.2, -0.15) is 4.98 Å². The minimum atomic E-state index is -0.453. The number of benzene rings is 3. The van der Waals surface area contributed by atoms with Crippen LogP contribution in [0.25, 0.3) is 0 Å². The van der Waals surface area contributed by atoms with Crippen molar-refractivity contribution < 1.29 is 23.9 Å². The lowest BCUT2D eigenvalue weighted by Crippen LogP contribution is -2.48. The van der Waals surface area contributed by atoms with Crippen LogP contribution in [0.5, 0.6) is 11.5 Å². The number of carbonyl (C=O) groups excluding carboxylic acids is 3. The van der Waals surface area contributed by atoms with Crippen LogP contribution in [0.4, 0.5) is 33.6 Å². The molecule has 2 heterocycles. The predicted molar refractivity (Wildman–Crippen MR) is 183 cm³/mol. The molecule has 1 aliphatic heterocycles. The number of amides is 3. The highest BCUT2D eigenvalue weighted by Gasteiger charge is 2.37. The van der Waals surface area contributed by atoms with E-state index >= 15 is 0 Å². The third-order valence-corrected chi connectivity index (χ3v) is 8.14. The second kappa shape index (κ2) is 14.5. The number of urea groups is 1. The van der Waals surface area contributed by atoms with Gasteiger partial charge >= 0.3 is 6.03 Å². The molecule has 0 bridgehead atoms. The average molecular weight is 676 g/mol. The molecule has 47 heavy (non-hydrogen) atoms. The number of carbonyl (C=O) groups is 3. The first-order chi connectivity index (χ1) is 22.6. The van der Waals surface area contributed by atoms with Crippen LogP contribution in [0.1, 0.15) is 30.0 Å². The van der Waals surface area contributed by atoms with Gasteiger partial charge in [0.1, 0.15) is 33.1 Å². The first-order valence-electron chi connectivity index (χ1n) is 14.6. The van der Waals surface area contributed by atoms with Gasteiger partial charge in [0.05, 0.1) is 33.0 Å². The summed E-state index contributed by atoms with van der Waals surface area (Å²) in [6, 6.07) is 15.6. The number of aromatic nitrogens is 2. The normalized spacial score (nSPS) is 12.3. The van der Waals surface area contributed by atoms with Gasteiger partial charge in [0.25, 0.3) is 0 Å². The molecule has 5 rings (SSSR count). The number of rotatable bonds is 12. The Hall–Kier alpha value is -5.13. The molecule has 1 aliphatic rings. The number of methoxy groups -OCH3 is 2. The third-order valence-electron chi connectivity index (χ3n) is 7.41. The zero-order valence-electron chi connectivity index (χ0n) is 26.0. The van der Waals surface area contributed by atoms with E-state index in [1.165, 1.54) is 30.1 Å². The molecule has 0 fully saturated rings. The van der Waals surface area contributed by atoms with Gasteiger partial charge in [-0.1, -0.05) is 67.0 Å². The van der Waals surface area contributed by atoms with E-state index in [9.17, 15) is 14.4 Å². The molecule has 0 unspecified atom stereocenters. The first kappa shape index (κ1) is 33.2. The van der Waals surface area contributed by atoms with E-state index in [-0.39, 0.29) is 58.0 Å². The lowest BCUT2D eigenvalue weighted by molar-refractivity contribution is -0.118. The van der Waals surface area contributed by atoms with Crippen molar-refractivity contribution in [2.75, 3.05) is 34.7 Å². The molecule has 0 aliphatic carbocycles. The van der Waals surface area contributed by atoms with Crippen molar-refractivity contribution in [3.05, 3.63) is 100 Å². The number of fused-ring (bicyclic) bond motifs is 1. The Balaban J connectivity index is 1.56. The molecule has 0 atom stereocenters. The van der Waals surface area contributed by atoms with E-state index in [1.807, 2.05) is 31.2 Å². The molecule has 13 heteroatoms. The lowest BCUT2D eigenvalue weighted by Gasteiger charge is -2.37. The first-order valence-corrected chi connectivity index (χ1v) is 15.4. The molecule has 3 amide bonds. The molecule has 0 spiro atoms. The summed E-state index contributed by atoms with van der Waals surface area (Å²) < 4.78 is 10.9. The summed E-state index contributed by atoms with van der Waals surface area (Å²) in [5.74, 6) is 0.927. The highest BCUT2D eigenvalue weighted by Crippen LogP contribution is 2.48. The molecule has 0 saturated heterocycles. The Labute approximate surface area is 282 Å². The van der Waals surface area contributed by atoms with Crippen molar-refractivity contribution >= 4 is 69.8 Å². The largest absolute Gasteiger partial charge is 0.495 e. The monoisotopic (exact) mass is 674 g/mol. The molecule has 4 aromatic rings. The topological polar surface area (TPSA) is 126 Å². The minimum Gasteiger partial charge on any atom is -0.495 e. The van der Waals surface area contributed by atoms with Crippen molar-refractivity contribution in [2.24, 2.45) is 0 Å². The number of hydrogen-bond acceptors (Lipinski definition) is 8. The molecule has 3 aromatic carbocycles. The van der Waals surface area contributed by atoms with Crippen molar-refractivity contribution in [1.29, 1.82) is 0 Å². The maximum absolute atomic E-state index is 14.4. The second-order valence-corrected chi connectivity index (χ2v) is 11.3. The summed E-state index contributed by atoms with van der Waals surface area (Å²) in [4.78, 5) is 50.6. The Morgan fingerprint density at radius 2 is 1.68 bits per heavy atom. The Morgan fingerprint density at radius 3 is 2.36 bits per heavy atom. The SMILES string of the molecule is C=CC(=O)Nc1cccc(Nc2ncc3c(n2)N(Cc2cccc(CC(=O)CC)c2)C(=O)N(c2c(Cl)c(OC)cc(OC)c2Cl)C3)c1. The van der Waals surface area contributed by atoms with Crippen LogP contribution >= 0.6 is 23.2 Å². The Bertz CT molecular complexity index is 1840. The second-order valence-electron chi connectivity index (χ2n) is 10.5. The van der Waals surface area contributed by atoms with E-state index < -0.39 is 6.03 Å². The average Bonchev–Trinajstić information content (AvgIpc) is 3.07. The number of halogens is 2. The van der Waals surface area contributed by atoms with Gasteiger partial charge in [0, 0.05) is 42.0 Å². The highest BCUT2D eigenvalue weighted by molar-refractivity contribution is 6.42. The van der Waals surface area contributed by atoms with Crippen LogP contribution in [0.15, 0.2) is 73.4 Å². The summed E-state index contributed by atoms with van der Waals surface area (Å²) in [5.41, 5.74) is 3.62.